The van der Waals surface area contributed by atoms with Crippen molar-refractivity contribution in [3.05, 3.63) is 132 Å². The molecule has 0 aliphatic heterocycles. The van der Waals surface area contributed by atoms with E-state index in [4.69, 9.17) is 0 Å². The lowest BCUT2D eigenvalue weighted by molar-refractivity contribution is 0.0954. The van der Waals surface area contributed by atoms with E-state index in [0.717, 1.165) is 33.8 Å². The molecule has 0 fully saturated rings. The molecule has 0 aliphatic rings. The third-order valence-corrected chi connectivity index (χ3v) is 5.92. The highest BCUT2D eigenvalue weighted by molar-refractivity contribution is 5.97. The van der Waals surface area contributed by atoms with E-state index in [9.17, 15) is 9.90 Å². The molecule has 176 valence electrons. The first-order valence-corrected chi connectivity index (χ1v) is 11.7. The molecule has 0 aliphatic carbocycles. The van der Waals surface area contributed by atoms with E-state index < -0.39 is 5.91 Å². The molecule has 0 spiro atoms. The Morgan fingerprint density at radius 3 is 2.14 bits per heavy atom. The van der Waals surface area contributed by atoms with Gasteiger partial charge in [0.2, 0.25) is 0 Å². The number of aromatic nitrogens is 1. The Bertz CT molecular complexity index is 1520. The summed E-state index contributed by atoms with van der Waals surface area (Å²) in [6.45, 7) is 2.07. The Labute approximate surface area is 210 Å². The van der Waals surface area contributed by atoms with Crippen LogP contribution in [-0.2, 0) is 0 Å². The summed E-state index contributed by atoms with van der Waals surface area (Å²) >= 11 is 0. The van der Waals surface area contributed by atoms with Crippen LogP contribution in [0, 0.1) is 6.92 Å². The molecule has 36 heavy (non-hydrogen) atoms. The minimum absolute atomic E-state index is 0.0284. The second kappa shape index (κ2) is 10.2. The number of benzene rings is 4. The van der Waals surface area contributed by atoms with Gasteiger partial charge < -0.3 is 9.67 Å². The van der Waals surface area contributed by atoms with Crippen molar-refractivity contribution in [3.63, 3.8) is 0 Å². The Morgan fingerprint density at radius 1 is 0.806 bits per heavy atom. The molecular weight excluding hydrogens is 446 g/mol. The Morgan fingerprint density at radius 2 is 1.47 bits per heavy atom. The summed E-state index contributed by atoms with van der Waals surface area (Å²) < 4.78 is 2.22. The third-order valence-electron chi connectivity index (χ3n) is 5.92. The van der Waals surface area contributed by atoms with Crippen LogP contribution < -0.4 is 5.43 Å². The van der Waals surface area contributed by atoms with Crippen LogP contribution in [0.4, 0.5) is 0 Å². The molecule has 0 saturated carbocycles. The van der Waals surface area contributed by atoms with Gasteiger partial charge in [-0.2, -0.15) is 5.10 Å². The van der Waals surface area contributed by atoms with E-state index in [-0.39, 0.29) is 5.75 Å². The van der Waals surface area contributed by atoms with E-state index in [1.165, 1.54) is 17.7 Å². The average Bonchev–Trinajstić information content (AvgIpc) is 3.29. The van der Waals surface area contributed by atoms with Crippen LogP contribution in [0.15, 0.2) is 120 Å². The van der Waals surface area contributed by atoms with Crippen LogP contribution in [0.1, 0.15) is 21.5 Å². The van der Waals surface area contributed by atoms with Crippen LogP contribution >= 0.6 is 0 Å². The van der Waals surface area contributed by atoms with Gasteiger partial charge in [-0.15, -0.1) is 0 Å². The Hall–Kier alpha value is -4.90. The van der Waals surface area contributed by atoms with Crippen molar-refractivity contribution in [2.45, 2.75) is 6.92 Å². The van der Waals surface area contributed by atoms with Gasteiger partial charge in [0, 0.05) is 16.8 Å². The van der Waals surface area contributed by atoms with Gasteiger partial charge in [-0.05, 0) is 54.4 Å². The standard InChI is InChI=1S/C31H25N3O2/c1-22-15-17-27(18-16-22)34-29(23-9-4-2-5-10-23)20-26(30(34)24-11-6-3-7-12-24)21-32-33-31(36)25-13-8-14-28(35)19-25/h2-21,35H,1H3,(H,33,36). The van der Waals surface area contributed by atoms with Gasteiger partial charge in [0.05, 0.1) is 17.6 Å². The zero-order valence-corrected chi connectivity index (χ0v) is 19.8. The quantitative estimate of drug-likeness (QED) is 0.217. The molecule has 5 nitrogen and oxygen atoms in total. The number of carbonyl (C=O) groups excluding carboxylic acids is 1. The normalized spacial score (nSPS) is 11.0. The van der Waals surface area contributed by atoms with Crippen LogP contribution in [0.2, 0.25) is 0 Å². The predicted molar refractivity (Wildman–Crippen MR) is 145 cm³/mol. The van der Waals surface area contributed by atoms with E-state index in [1.54, 1.807) is 18.3 Å². The zero-order chi connectivity index (χ0) is 24.9. The van der Waals surface area contributed by atoms with Gasteiger partial charge in [0.25, 0.3) is 5.91 Å². The first-order valence-electron chi connectivity index (χ1n) is 11.7. The van der Waals surface area contributed by atoms with Crippen molar-refractivity contribution in [2.24, 2.45) is 5.10 Å². The molecule has 5 aromatic rings. The van der Waals surface area contributed by atoms with E-state index in [0.29, 0.717) is 5.56 Å². The Kier molecular flexibility index (Phi) is 6.45. The van der Waals surface area contributed by atoms with E-state index in [1.807, 2.05) is 36.4 Å². The Balaban J connectivity index is 1.63. The number of nitrogens with one attached hydrogen (secondary N) is 1. The fourth-order valence-electron chi connectivity index (χ4n) is 4.18. The molecular formula is C31H25N3O2. The summed E-state index contributed by atoms with van der Waals surface area (Å²) in [6.07, 6.45) is 1.67. The molecule has 0 unspecified atom stereocenters. The maximum absolute atomic E-state index is 12.5. The van der Waals surface area contributed by atoms with Gasteiger partial charge in [-0.1, -0.05) is 84.4 Å². The molecule has 0 radical (unpaired) electrons. The fraction of sp³-hybridized carbons (Fsp3) is 0.0323. The number of rotatable bonds is 6. The second-order valence-electron chi connectivity index (χ2n) is 8.49. The summed E-state index contributed by atoms with van der Waals surface area (Å²) in [5, 5.41) is 13.9. The number of hydrazone groups is 1. The number of aromatic hydroxyl groups is 1. The lowest BCUT2D eigenvalue weighted by Gasteiger charge is -2.15. The minimum Gasteiger partial charge on any atom is -0.508 e. The van der Waals surface area contributed by atoms with Crippen molar-refractivity contribution in [2.75, 3.05) is 0 Å². The smallest absolute Gasteiger partial charge is 0.271 e. The van der Waals surface area contributed by atoms with Crippen LogP contribution in [0.5, 0.6) is 5.75 Å². The maximum atomic E-state index is 12.5. The number of amides is 1. The van der Waals surface area contributed by atoms with Crippen molar-refractivity contribution in [1.82, 2.24) is 9.99 Å². The molecule has 5 rings (SSSR count). The fourth-order valence-corrected chi connectivity index (χ4v) is 4.18. The molecule has 0 saturated heterocycles. The lowest BCUT2D eigenvalue weighted by atomic mass is 10.1. The minimum atomic E-state index is -0.398. The highest BCUT2D eigenvalue weighted by atomic mass is 16.3. The predicted octanol–water partition coefficient (Wildman–Crippen LogP) is 6.59. The summed E-state index contributed by atoms with van der Waals surface area (Å²) in [7, 11) is 0. The lowest BCUT2D eigenvalue weighted by Crippen LogP contribution is -2.17. The molecule has 1 heterocycles. The van der Waals surface area contributed by atoms with Gasteiger partial charge in [-0.3, -0.25) is 4.79 Å². The van der Waals surface area contributed by atoms with Gasteiger partial charge in [0.1, 0.15) is 5.75 Å². The molecule has 0 atom stereocenters. The summed E-state index contributed by atoms with van der Waals surface area (Å²) in [4.78, 5) is 12.5. The zero-order valence-electron chi connectivity index (χ0n) is 19.8. The topological polar surface area (TPSA) is 66.6 Å². The maximum Gasteiger partial charge on any atom is 0.271 e. The largest absolute Gasteiger partial charge is 0.508 e. The highest BCUT2D eigenvalue weighted by Gasteiger charge is 2.18. The molecule has 4 aromatic carbocycles. The summed E-state index contributed by atoms with van der Waals surface area (Å²) in [5.41, 5.74) is 10.1. The number of phenols is 1. The van der Waals surface area contributed by atoms with Crippen molar-refractivity contribution < 1.29 is 9.90 Å². The van der Waals surface area contributed by atoms with E-state index in [2.05, 4.69) is 76.6 Å². The van der Waals surface area contributed by atoms with Gasteiger partial charge >= 0.3 is 0 Å². The molecule has 0 bridgehead atoms. The molecule has 1 amide bonds. The van der Waals surface area contributed by atoms with E-state index >= 15 is 0 Å². The van der Waals surface area contributed by atoms with Crippen LogP contribution in [0.3, 0.4) is 0 Å². The number of hydrogen-bond donors (Lipinski definition) is 2. The molecule has 1 aromatic heterocycles. The monoisotopic (exact) mass is 471 g/mol. The van der Waals surface area contributed by atoms with Crippen LogP contribution in [-0.4, -0.2) is 21.8 Å². The number of nitrogens with zero attached hydrogens (tertiary/aromatic N) is 2. The van der Waals surface area contributed by atoms with Gasteiger partial charge in [0.15, 0.2) is 0 Å². The molecule has 5 heteroatoms. The summed E-state index contributed by atoms with van der Waals surface area (Å²) in [6, 6.07) is 37.0. The SMILES string of the molecule is Cc1ccc(-n2c(-c3ccccc3)cc(C=NNC(=O)c3cccc(O)c3)c2-c2ccccc2)cc1. The summed E-state index contributed by atoms with van der Waals surface area (Å²) in [5.74, 6) is -0.370. The first-order chi connectivity index (χ1) is 17.6. The molecule has 2 N–H and O–H groups in total. The number of carbonyl (C=O) groups is 1. The first kappa shape index (κ1) is 22.9. The highest BCUT2D eigenvalue weighted by Crippen LogP contribution is 2.35. The van der Waals surface area contributed by atoms with Crippen molar-refractivity contribution >= 4 is 12.1 Å². The van der Waals surface area contributed by atoms with Gasteiger partial charge in [-0.25, -0.2) is 5.43 Å². The van der Waals surface area contributed by atoms with Crippen molar-refractivity contribution in [3.8, 4) is 34.0 Å². The number of phenolic OH excluding ortho intramolecular Hbond substituents is 1. The van der Waals surface area contributed by atoms with Crippen LogP contribution in [0.25, 0.3) is 28.2 Å². The average molecular weight is 472 g/mol. The number of aryl methyl sites for hydroxylation is 1. The third kappa shape index (κ3) is 4.81. The second-order valence-corrected chi connectivity index (χ2v) is 8.49. The van der Waals surface area contributed by atoms with Crippen molar-refractivity contribution in [1.29, 1.82) is 0 Å². The number of hydrogen-bond acceptors (Lipinski definition) is 3.